The van der Waals surface area contributed by atoms with E-state index in [1.165, 1.54) is 15.0 Å². The number of H-pyrrole nitrogens is 1. The second-order valence-corrected chi connectivity index (χ2v) is 7.75. The lowest BCUT2D eigenvalue weighted by molar-refractivity contribution is -0.122. The van der Waals surface area contributed by atoms with Gasteiger partial charge in [-0.3, -0.25) is 19.6 Å². The van der Waals surface area contributed by atoms with Crippen LogP contribution in [0.4, 0.5) is 0 Å². The van der Waals surface area contributed by atoms with Gasteiger partial charge < -0.3 is 5.11 Å². The van der Waals surface area contributed by atoms with Crippen LogP contribution in [-0.2, 0) is 24.4 Å². The van der Waals surface area contributed by atoms with Crippen LogP contribution in [0.1, 0.15) is 27.5 Å². The zero-order chi connectivity index (χ0) is 21.5. The predicted molar refractivity (Wildman–Crippen MR) is 115 cm³/mol. The first-order valence-corrected chi connectivity index (χ1v) is 10.2. The van der Waals surface area contributed by atoms with Gasteiger partial charge in [0.25, 0.3) is 12.0 Å². The molecule has 2 N–H and O–H groups in total. The molecule has 4 aromatic rings. The number of hydrogen-bond donors (Lipinski definition) is 2. The summed E-state index contributed by atoms with van der Waals surface area (Å²) in [5.74, 6) is 0. The van der Waals surface area contributed by atoms with Crippen LogP contribution >= 0.6 is 11.3 Å². The molecule has 3 aromatic heterocycles. The Labute approximate surface area is 177 Å². The number of thiazole rings is 1. The second kappa shape index (κ2) is 9.95. The van der Waals surface area contributed by atoms with Gasteiger partial charge in [-0.05, 0) is 19.4 Å². The fourth-order valence-electron chi connectivity index (χ4n) is 3.16. The standard InChI is InChI=1S/C20H21N5OS.CH2O2/c1-14-8-19-22-17(9-20(26)25(19)23-14)11-24(10-16-6-4-3-5-7-16)12-18-15(2)21-13-27-18;2-1-3/h3-9,13,23H,10-12H2,1-2H3;1H,(H,2,3). The molecule has 0 aliphatic carbocycles. The van der Waals surface area contributed by atoms with Gasteiger partial charge in [0.05, 0.1) is 16.9 Å². The van der Waals surface area contributed by atoms with Crippen molar-refractivity contribution in [3.8, 4) is 0 Å². The highest BCUT2D eigenvalue weighted by molar-refractivity contribution is 7.09. The molecule has 0 bridgehead atoms. The maximum atomic E-state index is 12.4. The van der Waals surface area contributed by atoms with Crippen molar-refractivity contribution in [1.82, 2.24) is 24.5 Å². The summed E-state index contributed by atoms with van der Waals surface area (Å²) < 4.78 is 1.48. The van der Waals surface area contributed by atoms with Gasteiger partial charge >= 0.3 is 0 Å². The van der Waals surface area contributed by atoms with Gasteiger partial charge in [-0.25, -0.2) is 14.5 Å². The summed E-state index contributed by atoms with van der Waals surface area (Å²) in [6.07, 6.45) is 0. The summed E-state index contributed by atoms with van der Waals surface area (Å²) in [4.78, 5) is 33.3. The fourth-order valence-corrected chi connectivity index (χ4v) is 3.98. The van der Waals surface area contributed by atoms with E-state index in [0.29, 0.717) is 12.2 Å². The van der Waals surface area contributed by atoms with Crippen LogP contribution in [0.25, 0.3) is 5.65 Å². The Hall–Kier alpha value is -3.30. The highest BCUT2D eigenvalue weighted by atomic mass is 32.1. The lowest BCUT2D eigenvalue weighted by Crippen LogP contribution is -2.25. The molecule has 0 saturated carbocycles. The van der Waals surface area contributed by atoms with Gasteiger partial charge in [0.2, 0.25) is 0 Å². The van der Waals surface area contributed by atoms with Crippen molar-refractivity contribution >= 4 is 23.5 Å². The molecule has 0 radical (unpaired) electrons. The monoisotopic (exact) mass is 425 g/mol. The molecule has 0 atom stereocenters. The van der Waals surface area contributed by atoms with Gasteiger partial charge in [-0.1, -0.05) is 30.3 Å². The minimum absolute atomic E-state index is 0.0864. The summed E-state index contributed by atoms with van der Waals surface area (Å²) in [5.41, 5.74) is 6.43. The number of fused-ring (bicyclic) bond motifs is 1. The van der Waals surface area contributed by atoms with E-state index in [2.05, 4.69) is 32.1 Å². The molecule has 0 unspecified atom stereocenters. The molecule has 0 fully saturated rings. The van der Waals surface area contributed by atoms with Crippen LogP contribution in [0.15, 0.2) is 52.8 Å². The molecular weight excluding hydrogens is 402 g/mol. The summed E-state index contributed by atoms with van der Waals surface area (Å²) in [5, 5.41) is 9.90. The second-order valence-electron chi connectivity index (χ2n) is 6.82. The van der Waals surface area contributed by atoms with Crippen molar-refractivity contribution in [2.45, 2.75) is 33.5 Å². The molecule has 9 heteroatoms. The normalized spacial score (nSPS) is 10.8. The zero-order valence-corrected chi connectivity index (χ0v) is 17.6. The Morgan fingerprint density at radius 1 is 1.17 bits per heavy atom. The first kappa shape index (κ1) is 21.4. The minimum atomic E-state index is -0.250. The number of hydrogen-bond acceptors (Lipinski definition) is 6. The molecule has 3 heterocycles. The van der Waals surface area contributed by atoms with Crippen LogP contribution in [0.3, 0.4) is 0 Å². The van der Waals surface area contributed by atoms with E-state index >= 15 is 0 Å². The summed E-state index contributed by atoms with van der Waals surface area (Å²) >= 11 is 1.66. The predicted octanol–water partition coefficient (Wildman–Crippen LogP) is 3.00. The summed E-state index contributed by atoms with van der Waals surface area (Å²) in [6.45, 7) is 5.86. The Balaban J connectivity index is 0.000000806. The maximum Gasteiger partial charge on any atom is 0.290 e. The number of aromatic nitrogens is 4. The van der Waals surface area contributed by atoms with E-state index in [1.807, 2.05) is 43.6 Å². The van der Waals surface area contributed by atoms with Crippen molar-refractivity contribution in [3.63, 3.8) is 0 Å². The van der Waals surface area contributed by atoms with Crippen molar-refractivity contribution in [1.29, 1.82) is 0 Å². The quantitative estimate of drug-likeness (QED) is 0.460. The number of carboxylic acid groups (broad SMARTS) is 1. The topological polar surface area (TPSA) is 104 Å². The van der Waals surface area contributed by atoms with Crippen molar-refractivity contribution in [2.75, 3.05) is 0 Å². The maximum absolute atomic E-state index is 12.4. The molecule has 0 aliphatic rings. The average Bonchev–Trinajstić information content (AvgIpc) is 3.28. The molecule has 8 nitrogen and oxygen atoms in total. The van der Waals surface area contributed by atoms with E-state index in [1.54, 1.807) is 17.4 Å². The zero-order valence-electron chi connectivity index (χ0n) is 16.8. The molecule has 4 rings (SSSR count). The number of benzene rings is 1. The number of aromatic amines is 1. The highest BCUT2D eigenvalue weighted by Gasteiger charge is 2.14. The van der Waals surface area contributed by atoms with Crippen LogP contribution < -0.4 is 5.56 Å². The van der Waals surface area contributed by atoms with E-state index < -0.39 is 0 Å². The van der Waals surface area contributed by atoms with Crippen molar-refractivity contribution in [2.24, 2.45) is 0 Å². The Kier molecular flexibility index (Phi) is 7.10. The summed E-state index contributed by atoms with van der Waals surface area (Å²) in [7, 11) is 0. The van der Waals surface area contributed by atoms with Gasteiger partial charge in [-0.2, -0.15) is 0 Å². The van der Waals surface area contributed by atoms with Crippen LogP contribution in [0.5, 0.6) is 0 Å². The molecular formula is C21H23N5O3S. The Morgan fingerprint density at radius 3 is 2.57 bits per heavy atom. The van der Waals surface area contributed by atoms with Gasteiger partial charge in [0, 0.05) is 42.3 Å². The molecule has 0 aliphatic heterocycles. The summed E-state index contributed by atoms with van der Waals surface area (Å²) in [6, 6.07) is 13.8. The van der Waals surface area contributed by atoms with E-state index in [9.17, 15) is 4.79 Å². The fraction of sp³-hybridized carbons (Fsp3) is 0.238. The van der Waals surface area contributed by atoms with E-state index in [-0.39, 0.29) is 12.0 Å². The third-order valence-electron chi connectivity index (χ3n) is 4.48. The molecule has 0 spiro atoms. The average molecular weight is 426 g/mol. The number of aryl methyl sites for hydroxylation is 2. The lowest BCUT2D eigenvalue weighted by Gasteiger charge is -2.21. The lowest BCUT2D eigenvalue weighted by atomic mass is 10.2. The molecule has 0 amide bonds. The third kappa shape index (κ3) is 5.40. The molecule has 156 valence electrons. The number of rotatable bonds is 6. The number of nitrogens with one attached hydrogen (secondary N) is 1. The Morgan fingerprint density at radius 2 is 1.90 bits per heavy atom. The van der Waals surface area contributed by atoms with Crippen molar-refractivity contribution in [3.05, 3.63) is 85.9 Å². The van der Waals surface area contributed by atoms with Gasteiger partial charge in [-0.15, -0.1) is 11.3 Å². The SMILES string of the molecule is Cc1cc2nc(CN(Cc3ccccc3)Cc3scnc3C)cc(=O)n2[nH]1.O=CO. The van der Waals surface area contributed by atoms with Gasteiger partial charge in [0.15, 0.2) is 5.65 Å². The van der Waals surface area contributed by atoms with Crippen molar-refractivity contribution < 1.29 is 9.90 Å². The first-order chi connectivity index (χ1) is 14.5. The van der Waals surface area contributed by atoms with Crippen LogP contribution in [-0.4, -0.2) is 36.1 Å². The van der Waals surface area contributed by atoms with Crippen LogP contribution in [0.2, 0.25) is 0 Å². The smallest absolute Gasteiger partial charge is 0.290 e. The molecule has 30 heavy (non-hydrogen) atoms. The first-order valence-electron chi connectivity index (χ1n) is 9.31. The highest BCUT2D eigenvalue weighted by Crippen LogP contribution is 2.18. The number of nitrogens with zero attached hydrogens (tertiary/aromatic N) is 4. The number of carbonyl (C=O) groups is 1. The molecule has 1 aromatic carbocycles. The van der Waals surface area contributed by atoms with Gasteiger partial charge in [0.1, 0.15) is 0 Å². The Bertz CT molecular complexity index is 1170. The van der Waals surface area contributed by atoms with E-state index in [0.717, 1.165) is 30.2 Å². The van der Waals surface area contributed by atoms with E-state index in [4.69, 9.17) is 9.90 Å². The largest absolute Gasteiger partial charge is 0.483 e. The van der Waals surface area contributed by atoms with Crippen LogP contribution in [0, 0.1) is 13.8 Å². The molecule has 0 saturated heterocycles. The third-order valence-corrected chi connectivity index (χ3v) is 5.40. The minimum Gasteiger partial charge on any atom is -0.483 e.